The molecule has 0 saturated carbocycles. The van der Waals surface area contributed by atoms with E-state index in [1.165, 1.54) is 0 Å². The van der Waals surface area contributed by atoms with E-state index >= 15 is 0 Å². The summed E-state index contributed by atoms with van der Waals surface area (Å²) in [7, 11) is 0. The molecule has 6 heteroatoms. The summed E-state index contributed by atoms with van der Waals surface area (Å²) in [6, 6.07) is -0.154. The molecule has 1 aliphatic rings. The largest absolute Gasteiger partial charge is 0.418 e. The number of nitrogens with two attached hydrogens (primary N) is 1. The van der Waals surface area contributed by atoms with Gasteiger partial charge in [0.25, 0.3) is 0 Å². The normalized spacial score (nSPS) is 29.6. The van der Waals surface area contributed by atoms with E-state index in [9.17, 15) is 18.3 Å². The van der Waals surface area contributed by atoms with Crippen molar-refractivity contribution < 1.29 is 18.3 Å². The summed E-state index contributed by atoms with van der Waals surface area (Å²) in [4.78, 5) is 1.65. The average molecular weight is 254 g/mol. The predicted molar refractivity (Wildman–Crippen MR) is 59.5 cm³/mol. The molecule has 1 aliphatic heterocycles. The third kappa shape index (κ3) is 2.92. The minimum Gasteiger partial charge on any atom is -0.379 e. The molecular formula is C11H21F3N2O. The van der Waals surface area contributed by atoms with Crippen LogP contribution in [0, 0.1) is 5.41 Å². The average Bonchev–Trinajstić information content (AvgIpc) is 2.46. The summed E-state index contributed by atoms with van der Waals surface area (Å²) in [5.41, 5.74) is 2.85. The first kappa shape index (κ1) is 14.7. The quantitative estimate of drug-likeness (QED) is 0.782. The van der Waals surface area contributed by atoms with Crippen LogP contribution < -0.4 is 5.73 Å². The second-order valence-corrected chi connectivity index (χ2v) is 5.87. The van der Waals surface area contributed by atoms with Crippen LogP contribution in [0.2, 0.25) is 0 Å². The van der Waals surface area contributed by atoms with Crippen molar-refractivity contribution in [2.75, 3.05) is 19.6 Å². The molecule has 0 radical (unpaired) electrons. The molecule has 0 aromatic rings. The highest BCUT2D eigenvalue weighted by atomic mass is 19.4. The summed E-state index contributed by atoms with van der Waals surface area (Å²) in [5.74, 6) is 0. The molecule has 0 aliphatic carbocycles. The summed E-state index contributed by atoms with van der Waals surface area (Å²) in [6.07, 6.45) is -4.85. The van der Waals surface area contributed by atoms with Crippen LogP contribution in [0.25, 0.3) is 0 Å². The maximum atomic E-state index is 12.7. The van der Waals surface area contributed by atoms with Gasteiger partial charge >= 0.3 is 6.18 Å². The van der Waals surface area contributed by atoms with Crippen LogP contribution in [0.5, 0.6) is 0 Å². The second kappa shape index (κ2) is 4.40. The van der Waals surface area contributed by atoms with E-state index < -0.39 is 11.8 Å². The molecule has 3 nitrogen and oxygen atoms in total. The van der Waals surface area contributed by atoms with Crippen LogP contribution in [-0.2, 0) is 0 Å². The highest BCUT2D eigenvalue weighted by Gasteiger charge is 2.58. The lowest BCUT2D eigenvalue weighted by atomic mass is 9.85. The van der Waals surface area contributed by atoms with Gasteiger partial charge in [0.15, 0.2) is 5.60 Å². The van der Waals surface area contributed by atoms with Crippen LogP contribution >= 0.6 is 0 Å². The Hall–Kier alpha value is -0.330. The zero-order valence-electron chi connectivity index (χ0n) is 10.5. The molecule has 102 valence electrons. The van der Waals surface area contributed by atoms with Crippen LogP contribution in [0.4, 0.5) is 13.2 Å². The van der Waals surface area contributed by atoms with Gasteiger partial charge in [0.2, 0.25) is 0 Å². The molecule has 0 amide bonds. The zero-order valence-corrected chi connectivity index (χ0v) is 10.5. The summed E-state index contributed by atoms with van der Waals surface area (Å²) in [6.45, 7) is 5.96. The number of hydrogen-bond donors (Lipinski definition) is 2. The molecule has 2 unspecified atom stereocenters. The maximum absolute atomic E-state index is 12.7. The Morgan fingerprint density at radius 1 is 1.35 bits per heavy atom. The molecule has 1 rings (SSSR count). The van der Waals surface area contributed by atoms with Gasteiger partial charge in [-0.15, -0.1) is 0 Å². The number of likely N-dealkylation sites (tertiary alicyclic amines) is 1. The molecule has 17 heavy (non-hydrogen) atoms. The number of nitrogens with zero attached hydrogens (tertiary/aromatic N) is 1. The van der Waals surface area contributed by atoms with E-state index in [-0.39, 0.29) is 37.5 Å². The standard InChI is InChI=1S/C11H21F3N2O/c1-9(2,3)8(6-15)16-5-4-10(17,7-16)11(12,13)14/h8,17H,4-7,15H2,1-3H3. The first-order valence-electron chi connectivity index (χ1n) is 5.74. The monoisotopic (exact) mass is 254 g/mol. The fraction of sp³-hybridized carbons (Fsp3) is 1.00. The van der Waals surface area contributed by atoms with Crippen LogP contribution in [0.1, 0.15) is 27.2 Å². The fourth-order valence-electron chi connectivity index (χ4n) is 2.37. The first-order chi connectivity index (χ1) is 7.51. The van der Waals surface area contributed by atoms with Gasteiger partial charge in [0.1, 0.15) is 0 Å². The van der Waals surface area contributed by atoms with Crippen LogP contribution in [0.15, 0.2) is 0 Å². The minimum atomic E-state index is -4.57. The van der Waals surface area contributed by atoms with E-state index in [0.29, 0.717) is 0 Å². The van der Waals surface area contributed by atoms with Crippen molar-refractivity contribution in [2.45, 2.75) is 45.0 Å². The van der Waals surface area contributed by atoms with Gasteiger partial charge in [0, 0.05) is 25.7 Å². The molecular weight excluding hydrogens is 233 g/mol. The van der Waals surface area contributed by atoms with Crippen molar-refractivity contribution in [3.8, 4) is 0 Å². The van der Waals surface area contributed by atoms with Gasteiger partial charge in [-0.2, -0.15) is 13.2 Å². The first-order valence-corrected chi connectivity index (χ1v) is 5.74. The smallest absolute Gasteiger partial charge is 0.379 e. The number of hydrogen-bond acceptors (Lipinski definition) is 3. The topological polar surface area (TPSA) is 49.5 Å². The zero-order chi connectivity index (χ0) is 13.5. The molecule has 1 saturated heterocycles. The van der Waals surface area contributed by atoms with Crippen LogP contribution in [0.3, 0.4) is 0 Å². The van der Waals surface area contributed by atoms with Gasteiger partial charge in [0.05, 0.1) is 0 Å². The molecule has 1 heterocycles. The SMILES string of the molecule is CC(C)(C)C(CN)N1CCC(O)(C(F)(F)F)C1. The van der Waals surface area contributed by atoms with E-state index in [0.717, 1.165) is 0 Å². The lowest BCUT2D eigenvalue weighted by Crippen LogP contribution is -2.52. The van der Waals surface area contributed by atoms with E-state index in [2.05, 4.69) is 0 Å². The van der Waals surface area contributed by atoms with Crippen molar-refractivity contribution in [1.82, 2.24) is 4.90 Å². The van der Waals surface area contributed by atoms with Crippen molar-refractivity contribution in [3.63, 3.8) is 0 Å². The third-order valence-electron chi connectivity index (χ3n) is 3.47. The molecule has 3 N–H and O–H groups in total. The number of alkyl halides is 3. The highest BCUT2D eigenvalue weighted by molar-refractivity contribution is 4.99. The molecule has 0 aromatic carbocycles. The molecule has 0 bridgehead atoms. The molecule has 2 atom stereocenters. The second-order valence-electron chi connectivity index (χ2n) is 5.87. The number of aliphatic hydroxyl groups is 1. The van der Waals surface area contributed by atoms with Crippen molar-refractivity contribution in [3.05, 3.63) is 0 Å². The number of rotatable bonds is 2. The van der Waals surface area contributed by atoms with Crippen molar-refractivity contribution in [1.29, 1.82) is 0 Å². The predicted octanol–water partition coefficient (Wildman–Crippen LogP) is 1.36. The van der Waals surface area contributed by atoms with Gasteiger partial charge < -0.3 is 10.8 Å². The summed E-state index contributed by atoms with van der Waals surface area (Å²) >= 11 is 0. The van der Waals surface area contributed by atoms with E-state index in [4.69, 9.17) is 5.73 Å². The minimum absolute atomic E-state index is 0.154. The molecule has 1 fully saturated rings. The van der Waals surface area contributed by atoms with Crippen molar-refractivity contribution >= 4 is 0 Å². The lowest BCUT2D eigenvalue weighted by molar-refractivity contribution is -0.254. The number of β-amino-alcohol motifs (C(OH)–C–C–N with tert-alkyl or cyclic N) is 1. The lowest BCUT2D eigenvalue weighted by Gasteiger charge is -2.38. The van der Waals surface area contributed by atoms with Crippen LogP contribution in [-0.4, -0.2) is 47.5 Å². The van der Waals surface area contributed by atoms with Gasteiger partial charge in [-0.25, -0.2) is 0 Å². The molecule has 0 aromatic heterocycles. The van der Waals surface area contributed by atoms with E-state index in [1.54, 1.807) is 4.90 Å². The maximum Gasteiger partial charge on any atom is 0.418 e. The molecule has 0 spiro atoms. The van der Waals surface area contributed by atoms with Gasteiger partial charge in [-0.3, -0.25) is 4.90 Å². The Bertz CT molecular complexity index is 275. The highest BCUT2D eigenvalue weighted by Crippen LogP contribution is 2.39. The Morgan fingerprint density at radius 2 is 1.88 bits per heavy atom. The summed E-state index contributed by atoms with van der Waals surface area (Å²) < 4.78 is 38.0. The Kier molecular flexibility index (Phi) is 3.82. The third-order valence-corrected chi connectivity index (χ3v) is 3.47. The summed E-state index contributed by atoms with van der Waals surface area (Å²) in [5, 5.41) is 9.60. The Balaban J connectivity index is 2.80. The van der Waals surface area contributed by atoms with Crippen molar-refractivity contribution in [2.24, 2.45) is 11.1 Å². The number of halogens is 3. The van der Waals surface area contributed by atoms with E-state index in [1.807, 2.05) is 20.8 Å². The Labute approximate surface area is 99.8 Å². The fourth-order valence-corrected chi connectivity index (χ4v) is 2.37. The van der Waals surface area contributed by atoms with Gasteiger partial charge in [-0.1, -0.05) is 20.8 Å². The van der Waals surface area contributed by atoms with Gasteiger partial charge in [-0.05, 0) is 11.8 Å². The Morgan fingerprint density at radius 3 is 2.18 bits per heavy atom.